The summed E-state index contributed by atoms with van der Waals surface area (Å²) in [6.45, 7) is 9.86. The van der Waals surface area contributed by atoms with Gasteiger partial charge in [-0.25, -0.2) is 4.99 Å². The van der Waals surface area contributed by atoms with Gasteiger partial charge >= 0.3 is 0 Å². The predicted octanol–water partition coefficient (Wildman–Crippen LogP) is 6.39. The number of nitrogens with zero attached hydrogens (tertiary/aromatic N) is 1. The number of hydrogen-bond acceptors (Lipinski definition) is 5. The van der Waals surface area contributed by atoms with Crippen LogP contribution in [0.5, 0.6) is 11.5 Å². The molecule has 3 unspecified atom stereocenters. The zero-order valence-electron chi connectivity index (χ0n) is 19.6. The summed E-state index contributed by atoms with van der Waals surface area (Å²) in [5.74, 6) is 2.13. The second kappa shape index (κ2) is 10.0. The first-order valence-corrected chi connectivity index (χ1v) is 12.3. The minimum Gasteiger partial charge on any atom is -0.508 e. The van der Waals surface area contributed by atoms with Crippen LogP contribution in [-0.4, -0.2) is 34.1 Å². The first kappa shape index (κ1) is 24.2. The monoisotopic (exact) mass is 445 g/mol. The van der Waals surface area contributed by atoms with Crippen molar-refractivity contribution in [2.75, 3.05) is 13.2 Å². The number of aliphatic hydroxyl groups is 1. The SMILES string of the molecule is CC(C)(CCCCCCN=C=S)c1cc(O)c2c(c1)OC(C)(C)C1CCC(CO)CC21. The van der Waals surface area contributed by atoms with Gasteiger partial charge in [-0.2, -0.15) is 0 Å². The lowest BCUT2D eigenvalue weighted by molar-refractivity contribution is -0.0211. The minimum absolute atomic E-state index is 0.0381. The highest BCUT2D eigenvalue weighted by Gasteiger charge is 2.47. The number of aliphatic imine (C=N–C) groups is 1. The van der Waals surface area contributed by atoms with Crippen LogP contribution >= 0.6 is 12.2 Å². The Labute approximate surface area is 193 Å². The number of aromatic hydroxyl groups is 1. The van der Waals surface area contributed by atoms with Gasteiger partial charge in [0.25, 0.3) is 0 Å². The van der Waals surface area contributed by atoms with E-state index < -0.39 is 0 Å². The molecule has 5 heteroatoms. The zero-order chi connectivity index (χ0) is 22.6. The third-order valence-electron chi connectivity index (χ3n) is 7.64. The highest BCUT2D eigenvalue weighted by molar-refractivity contribution is 7.78. The summed E-state index contributed by atoms with van der Waals surface area (Å²) in [5, 5.41) is 23.3. The van der Waals surface area contributed by atoms with E-state index in [1.54, 1.807) is 0 Å². The Morgan fingerprint density at radius 3 is 2.65 bits per heavy atom. The summed E-state index contributed by atoms with van der Waals surface area (Å²) in [6.07, 6.45) is 8.56. The Morgan fingerprint density at radius 1 is 1.19 bits per heavy atom. The van der Waals surface area contributed by atoms with E-state index >= 15 is 0 Å². The summed E-state index contributed by atoms with van der Waals surface area (Å²) in [5.41, 5.74) is 1.79. The molecule has 3 atom stereocenters. The van der Waals surface area contributed by atoms with Crippen LogP contribution in [0.25, 0.3) is 0 Å². The average Bonchev–Trinajstić information content (AvgIpc) is 2.71. The lowest BCUT2D eigenvalue weighted by Gasteiger charge is -2.49. The fraction of sp³-hybridized carbons (Fsp3) is 0.731. The number of isothiocyanates is 1. The van der Waals surface area contributed by atoms with E-state index in [0.29, 0.717) is 17.6 Å². The maximum Gasteiger partial charge on any atom is 0.127 e. The average molecular weight is 446 g/mol. The Kier molecular flexibility index (Phi) is 7.83. The fourth-order valence-electron chi connectivity index (χ4n) is 5.69. The zero-order valence-corrected chi connectivity index (χ0v) is 20.4. The number of fused-ring (bicyclic) bond motifs is 3. The summed E-state index contributed by atoms with van der Waals surface area (Å²) in [7, 11) is 0. The van der Waals surface area contributed by atoms with E-state index in [4.69, 9.17) is 4.74 Å². The van der Waals surface area contributed by atoms with Crippen LogP contribution < -0.4 is 4.74 Å². The number of benzene rings is 1. The molecule has 1 heterocycles. The fourth-order valence-corrected chi connectivity index (χ4v) is 5.79. The summed E-state index contributed by atoms with van der Waals surface area (Å²) in [6, 6.07) is 4.14. The van der Waals surface area contributed by atoms with Crippen LogP contribution in [-0.2, 0) is 5.41 Å². The summed E-state index contributed by atoms with van der Waals surface area (Å²) < 4.78 is 6.51. The maximum absolute atomic E-state index is 11.1. The molecule has 0 spiro atoms. The molecular formula is C26H39NO3S. The van der Waals surface area contributed by atoms with E-state index in [-0.39, 0.29) is 23.5 Å². The van der Waals surface area contributed by atoms with Gasteiger partial charge in [0.2, 0.25) is 0 Å². The Morgan fingerprint density at radius 2 is 1.94 bits per heavy atom. The van der Waals surface area contributed by atoms with Crippen molar-refractivity contribution in [1.82, 2.24) is 0 Å². The molecule has 1 aliphatic heterocycles. The van der Waals surface area contributed by atoms with Gasteiger partial charge in [-0.15, -0.1) is 0 Å². The number of thiocarbonyl (C=S) groups is 1. The lowest BCUT2D eigenvalue weighted by Crippen LogP contribution is -2.47. The second-order valence-electron chi connectivity index (χ2n) is 10.7. The van der Waals surface area contributed by atoms with Gasteiger partial charge in [-0.3, -0.25) is 0 Å². The van der Waals surface area contributed by atoms with Gasteiger partial charge in [-0.1, -0.05) is 33.1 Å². The van der Waals surface area contributed by atoms with Crippen molar-refractivity contribution in [3.05, 3.63) is 23.3 Å². The number of unbranched alkanes of at least 4 members (excludes halogenated alkanes) is 3. The van der Waals surface area contributed by atoms with E-state index in [0.717, 1.165) is 68.4 Å². The molecule has 1 aliphatic carbocycles. The molecule has 3 rings (SSSR count). The molecule has 2 aliphatic rings. The molecule has 0 bridgehead atoms. The Hall–Kier alpha value is -1.42. The van der Waals surface area contributed by atoms with Crippen LogP contribution in [0, 0.1) is 11.8 Å². The minimum atomic E-state index is -0.266. The topological polar surface area (TPSA) is 62.1 Å². The molecule has 1 aromatic carbocycles. The van der Waals surface area contributed by atoms with Crippen LogP contribution in [0.15, 0.2) is 17.1 Å². The molecular weight excluding hydrogens is 406 g/mol. The molecule has 0 radical (unpaired) electrons. The number of ether oxygens (including phenoxy) is 1. The van der Waals surface area contributed by atoms with Crippen molar-refractivity contribution < 1.29 is 14.9 Å². The molecule has 31 heavy (non-hydrogen) atoms. The van der Waals surface area contributed by atoms with Crippen molar-refractivity contribution in [2.45, 2.75) is 96.0 Å². The van der Waals surface area contributed by atoms with E-state index in [1.165, 1.54) is 6.42 Å². The second-order valence-corrected chi connectivity index (χ2v) is 10.9. The molecule has 1 aromatic rings. The summed E-state index contributed by atoms with van der Waals surface area (Å²) >= 11 is 4.61. The number of phenolic OH excluding ortho intramolecular Hbond substituents is 1. The van der Waals surface area contributed by atoms with Crippen molar-refractivity contribution in [1.29, 1.82) is 0 Å². The van der Waals surface area contributed by atoms with Crippen LogP contribution in [0.1, 0.15) is 96.1 Å². The highest BCUT2D eigenvalue weighted by atomic mass is 32.1. The maximum atomic E-state index is 11.1. The van der Waals surface area contributed by atoms with E-state index in [1.807, 2.05) is 6.07 Å². The Bertz CT molecular complexity index is 813. The van der Waals surface area contributed by atoms with Crippen LogP contribution in [0.3, 0.4) is 0 Å². The molecule has 0 amide bonds. The van der Waals surface area contributed by atoms with Crippen molar-refractivity contribution in [3.63, 3.8) is 0 Å². The van der Waals surface area contributed by atoms with Crippen molar-refractivity contribution in [3.8, 4) is 11.5 Å². The lowest BCUT2D eigenvalue weighted by atomic mass is 9.63. The van der Waals surface area contributed by atoms with Crippen LogP contribution in [0.4, 0.5) is 0 Å². The normalized spacial score (nSPS) is 24.5. The summed E-state index contributed by atoms with van der Waals surface area (Å²) in [4.78, 5) is 3.98. The molecule has 0 saturated heterocycles. The van der Waals surface area contributed by atoms with Gasteiger partial charge < -0.3 is 14.9 Å². The molecule has 1 saturated carbocycles. The standard InChI is InChI=1S/C26H39NO3S/c1-25(2,11-7-5-6-8-12-27-17-31)19-14-22(29)24-20-13-18(16-28)9-10-21(20)26(3,4)30-23(24)15-19/h14-15,18,20-21,28-29H,5-13,16H2,1-4H3. The molecule has 172 valence electrons. The third-order valence-corrected chi connectivity index (χ3v) is 7.77. The predicted molar refractivity (Wildman–Crippen MR) is 129 cm³/mol. The van der Waals surface area contributed by atoms with Crippen molar-refractivity contribution in [2.24, 2.45) is 16.8 Å². The first-order valence-electron chi connectivity index (χ1n) is 11.9. The van der Waals surface area contributed by atoms with Gasteiger partial charge in [0.15, 0.2) is 0 Å². The smallest absolute Gasteiger partial charge is 0.127 e. The van der Waals surface area contributed by atoms with Gasteiger partial charge in [0.05, 0.1) is 5.16 Å². The molecule has 4 nitrogen and oxygen atoms in total. The van der Waals surface area contributed by atoms with Gasteiger partial charge in [0, 0.05) is 24.6 Å². The quantitative estimate of drug-likeness (QED) is 0.263. The van der Waals surface area contributed by atoms with Crippen LogP contribution in [0.2, 0.25) is 0 Å². The number of phenols is 1. The van der Waals surface area contributed by atoms with E-state index in [2.05, 4.69) is 56.1 Å². The van der Waals surface area contributed by atoms with Gasteiger partial charge in [-0.05, 0) is 93.1 Å². The molecule has 2 N–H and O–H groups in total. The highest BCUT2D eigenvalue weighted by Crippen LogP contribution is 2.56. The number of aliphatic hydroxyl groups excluding tert-OH is 1. The van der Waals surface area contributed by atoms with Crippen molar-refractivity contribution >= 4 is 17.4 Å². The first-order chi connectivity index (χ1) is 14.7. The van der Waals surface area contributed by atoms with Gasteiger partial charge in [0.1, 0.15) is 17.1 Å². The van der Waals surface area contributed by atoms with E-state index in [9.17, 15) is 10.2 Å². The number of rotatable bonds is 9. The Balaban J connectivity index is 1.76. The largest absolute Gasteiger partial charge is 0.508 e. The molecule has 1 fully saturated rings. The number of hydrogen-bond donors (Lipinski definition) is 2. The molecule has 0 aromatic heterocycles. The third kappa shape index (κ3) is 5.50.